The van der Waals surface area contributed by atoms with Gasteiger partial charge in [0.1, 0.15) is 5.69 Å². The highest BCUT2D eigenvalue weighted by atomic mass is 16.3. The van der Waals surface area contributed by atoms with Crippen molar-refractivity contribution in [2.24, 2.45) is 5.73 Å². The Morgan fingerprint density at radius 3 is 2.71 bits per heavy atom. The lowest BCUT2D eigenvalue weighted by Crippen LogP contribution is -2.28. The maximum Gasteiger partial charge on any atom is 0.269 e. The zero-order valence-electron chi connectivity index (χ0n) is 11.9. The molecule has 0 saturated carbocycles. The first-order valence-corrected chi connectivity index (χ1v) is 6.51. The summed E-state index contributed by atoms with van der Waals surface area (Å²) in [5.74, 6) is -0.718. The van der Waals surface area contributed by atoms with E-state index in [0.29, 0.717) is 0 Å². The number of nitrogens with two attached hydrogens (primary N) is 1. The summed E-state index contributed by atoms with van der Waals surface area (Å²) in [6.07, 6.45) is -0.891. The minimum absolute atomic E-state index is 0.0113. The van der Waals surface area contributed by atoms with Crippen molar-refractivity contribution in [2.45, 2.75) is 26.5 Å². The summed E-state index contributed by atoms with van der Waals surface area (Å²) < 4.78 is 1.05. The predicted octanol–water partition coefficient (Wildman–Crippen LogP) is 0.693. The molecule has 1 amide bonds. The molecule has 1 atom stereocenters. The first-order valence-electron chi connectivity index (χ1n) is 6.51. The second kappa shape index (κ2) is 5.88. The van der Waals surface area contributed by atoms with E-state index in [1.54, 1.807) is 0 Å². The molecule has 1 aromatic heterocycles. The number of carbonyl (C=O) groups excluding carboxylic acids is 1. The van der Waals surface area contributed by atoms with Gasteiger partial charge in [-0.2, -0.15) is 5.10 Å². The van der Waals surface area contributed by atoms with Crippen LogP contribution in [0, 0.1) is 13.8 Å². The van der Waals surface area contributed by atoms with Gasteiger partial charge in [-0.3, -0.25) is 9.59 Å². The van der Waals surface area contributed by atoms with E-state index in [1.807, 2.05) is 32.0 Å². The van der Waals surface area contributed by atoms with Crippen LogP contribution in [0.15, 0.2) is 35.1 Å². The van der Waals surface area contributed by atoms with Crippen LogP contribution in [-0.2, 0) is 6.54 Å². The van der Waals surface area contributed by atoms with Gasteiger partial charge < -0.3 is 10.8 Å². The van der Waals surface area contributed by atoms with Gasteiger partial charge in [0.05, 0.1) is 12.6 Å². The molecule has 21 heavy (non-hydrogen) atoms. The highest BCUT2D eigenvalue weighted by Crippen LogP contribution is 2.20. The summed E-state index contributed by atoms with van der Waals surface area (Å²) in [7, 11) is 0. The number of amides is 1. The Morgan fingerprint density at radius 2 is 2.05 bits per heavy atom. The van der Waals surface area contributed by atoms with Crippen LogP contribution < -0.4 is 11.3 Å². The predicted molar refractivity (Wildman–Crippen MR) is 77.9 cm³/mol. The molecule has 2 rings (SSSR count). The van der Waals surface area contributed by atoms with Crippen molar-refractivity contribution in [3.63, 3.8) is 0 Å². The van der Waals surface area contributed by atoms with Gasteiger partial charge in [0.25, 0.3) is 11.5 Å². The largest absolute Gasteiger partial charge is 0.386 e. The van der Waals surface area contributed by atoms with Gasteiger partial charge in [0.2, 0.25) is 0 Å². The van der Waals surface area contributed by atoms with E-state index in [9.17, 15) is 14.7 Å². The van der Waals surface area contributed by atoms with E-state index in [-0.39, 0.29) is 12.2 Å². The first kappa shape index (κ1) is 14.9. The van der Waals surface area contributed by atoms with E-state index in [1.165, 1.54) is 12.1 Å². The fourth-order valence-corrected chi connectivity index (χ4v) is 2.09. The Morgan fingerprint density at radius 1 is 1.33 bits per heavy atom. The van der Waals surface area contributed by atoms with Crippen molar-refractivity contribution in [3.05, 3.63) is 63.1 Å². The summed E-state index contributed by atoms with van der Waals surface area (Å²) in [6.45, 7) is 3.77. The van der Waals surface area contributed by atoms with E-state index >= 15 is 0 Å². The standard InChI is InChI=1S/C15H17N3O3/c1-9-3-4-10(2)11(7-9)13(19)8-18-14(20)6-5-12(17-18)15(16)21/h3-7,13,19H,8H2,1-2H3,(H2,16,21)/t13-/m1/s1. The highest BCUT2D eigenvalue weighted by Gasteiger charge is 2.14. The molecule has 110 valence electrons. The van der Waals surface area contributed by atoms with Crippen LogP contribution in [0.2, 0.25) is 0 Å². The van der Waals surface area contributed by atoms with E-state index in [4.69, 9.17) is 5.73 Å². The molecule has 3 N–H and O–H groups in total. The van der Waals surface area contributed by atoms with Gasteiger partial charge in [-0.15, -0.1) is 0 Å². The Kier molecular flexibility index (Phi) is 4.18. The average Bonchev–Trinajstić information content (AvgIpc) is 2.43. The molecular formula is C15H17N3O3. The summed E-state index contributed by atoms with van der Waals surface area (Å²) >= 11 is 0. The van der Waals surface area contributed by atoms with Gasteiger partial charge in [0.15, 0.2) is 0 Å². The molecule has 0 fully saturated rings. The van der Waals surface area contributed by atoms with Crippen LogP contribution in [0.3, 0.4) is 0 Å². The fraction of sp³-hybridized carbons (Fsp3) is 0.267. The number of aryl methyl sites for hydroxylation is 2. The molecule has 0 bridgehead atoms. The maximum atomic E-state index is 11.7. The van der Waals surface area contributed by atoms with Crippen molar-refractivity contribution < 1.29 is 9.90 Å². The lowest BCUT2D eigenvalue weighted by Gasteiger charge is -2.15. The Balaban J connectivity index is 2.33. The van der Waals surface area contributed by atoms with Crippen molar-refractivity contribution >= 4 is 5.91 Å². The molecule has 1 aromatic carbocycles. The number of carbonyl (C=O) groups is 1. The second-order valence-electron chi connectivity index (χ2n) is 4.98. The normalized spacial score (nSPS) is 12.1. The molecular weight excluding hydrogens is 270 g/mol. The second-order valence-corrected chi connectivity index (χ2v) is 4.98. The monoisotopic (exact) mass is 287 g/mol. The van der Waals surface area contributed by atoms with Gasteiger partial charge >= 0.3 is 0 Å². The smallest absolute Gasteiger partial charge is 0.269 e. The molecule has 0 unspecified atom stereocenters. The minimum Gasteiger partial charge on any atom is -0.386 e. The van der Waals surface area contributed by atoms with Crippen LogP contribution in [0.1, 0.15) is 33.3 Å². The number of primary amides is 1. The molecule has 0 aliphatic carbocycles. The number of hydrogen-bond acceptors (Lipinski definition) is 4. The van der Waals surface area contributed by atoms with E-state index < -0.39 is 17.6 Å². The molecule has 2 aromatic rings. The molecule has 0 spiro atoms. The van der Waals surface area contributed by atoms with Crippen molar-refractivity contribution in [1.29, 1.82) is 0 Å². The summed E-state index contributed by atoms with van der Waals surface area (Å²) in [5.41, 5.74) is 7.40. The number of rotatable bonds is 4. The van der Waals surface area contributed by atoms with Crippen molar-refractivity contribution in [1.82, 2.24) is 9.78 Å². The van der Waals surface area contributed by atoms with Gasteiger partial charge in [-0.25, -0.2) is 4.68 Å². The van der Waals surface area contributed by atoms with Gasteiger partial charge in [0, 0.05) is 6.07 Å². The molecule has 1 heterocycles. The van der Waals surface area contributed by atoms with E-state index in [0.717, 1.165) is 21.4 Å². The number of aliphatic hydroxyl groups excluding tert-OH is 1. The summed E-state index contributed by atoms with van der Waals surface area (Å²) in [6, 6.07) is 8.20. The summed E-state index contributed by atoms with van der Waals surface area (Å²) in [4.78, 5) is 22.9. The van der Waals surface area contributed by atoms with Crippen LogP contribution in [0.25, 0.3) is 0 Å². The molecule has 0 radical (unpaired) electrons. The zero-order valence-corrected chi connectivity index (χ0v) is 11.9. The van der Waals surface area contributed by atoms with Crippen LogP contribution in [-0.4, -0.2) is 20.8 Å². The third-order valence-electron chi connectivity index (χ3n) is 3.26. The van der Waals surface area contributed by atoms with Crippen molar-refractivity contribution in [2.75, 3.05) is 0 Å². The SMILES string of the molecule is Cc1ccc(C)c([C@H](O)Cn2nc(C(N)=O)ccc2=O)c1. The van der Waals surface area contributed by atoms with Crippen LogP contribution >= 0.6 is 0 Å². The Labute approximate surface area is 121 Å². The fourth-order valence-electron chi connectivity index (χ4n) is 2.09. The Bertz CT molecular complexity index is 737. The van der Waals surface area contributed by atoms with Gasteiger partial charge in [-0.1, -0.05) is 23.8 Å². The molecule has 0 saturated heterocycles. The third kappa shape index (κ3) is 3.35. The van der Waals surface area contributed by atoms with Gasteiger partial charge in [-0.05, 0) is 31.0 Å². The number of aromatic nitrogens is 2. The minimum atomic E-state index is -0.891. The third-order valence-corrected chi connectivity index (χ3v) is 3.26. The van der Waals surface area contributed by atoms with E-state index in [2.05, 4.69) is 5.10 Å². The van der Waals surface area contributed by atoms with Crippen LogP contribution in [0.4, 0.5) is 0 Å². The molecule has 0 aliphatic rings. The lowest BCUT2D eigenvalue weighted by molar-refractivity contribution is 0.0989. The Hall–Kier alpha value is -2.47. The number of benzene rings is 1. The summed E-state index contributed by atoms with van der Waals surface area (Å²) in [5, 5.41) is 14.2. The molecule has 0 aliphatic heterocycles. The topological polar surface area (TPSA) is 98.2 Å². The maximum absolute atomic E-state index is 11.7. The lowest BCUT2D eigenvalue weighted by atomic mass is 10.0. The quantitative estimate of drug-likeness (QED) is 0.864. The zero-order chi connectivity index (χ0) is 15.6. The van der Waals surface area contributed by atoms with Crippen LogP contribution in [0.5, 0.6) is 0 Å². The number of hydrogen-bond donors (Lipinski definition) is 2. The highest BCUT2D eigenvalue weighted by molar-refractivity contribution is 5.90. The number of nitrogens with zero attached hydrogens (tertiary/aromatic N) is 2. The number of aliphatic hydroxyl groups is 1. The first-order chi connectivity index (χ1) is 9.88. The van der Waals surface area contributed by atoms with Crippen molar-refractivity contribution in [3.8, 4) is 0 Å². The average molecular weight is 287 g/mol. The molecule has 6 heteroatoms. The molecule has 6 nitrogen and oxygen atoms in total.